The van der Waals surface area contributed by atoms with E-state index in [1.807, 2.05) is 0 Å². The summed E-state index contributed by atoms with van der Waals surface area (Å²) < 4.78 is 80.9. The summed E-state index contributed by atoms with van der Waals surface area (Å²) in [6.45, 7) is 0. The second kappa shape index (κ2) is 9.54. The van der Waals surface area contributed by atoms with Gasteiger partial charge in [-0.05, 0) is 61.4 Å². The Balaban J connectivity index is 1.58. The van der Waals surface area contributed by atoms with Crippen molar-refractivity contribution in [3.63, 3.8) is 0 Å². The molecule has 0 saturated heterocycles. The van der Waals surface area contributed by atoms with Gasteiger partial charge in [-0.25, -0.2) is 13.2 Å². The Kier molecular flexibility index (Phi) is 6.50. The first kappa shape index (κ1) is 25.9. The zero-order valence-corrected chi connectivity index (χ0v) is 20.0. The fourth-order valence-electron chi connectivity index (χ4n) is 4.57. The highest BCUT2D eigenvalue weighted by molar-refractivity contribution is 6.31. The molecule has 1 aliphatic carbocycles. The molecule has 3 N–H and O–H groups in total. The zero-order valence-electron chi connectivity index (χ0n) is 19.2. The molecule has 0 spiro atoms. The molecule has 2 amide bonds. The molecule has 1 unspecified atom stereocenters. The number of fused-ring (bicyclic) bond motifs is 1. The van der Waals surface area contributed by atoms with Gasteiger partial charge in [0.05, 0.1) is 11.6 Å². The van der Waals surface area contributed by atoms with Gasteiger partial charge >= 0.3 is 6.18 Å². The van der Waals surface area contributed by atoms with Crippen LogP contribution in [0.2, 0.25) is 5.02 Å². The first-order valence-electron chi connectivity index (χ1n) is 11.4. The van der Waals surface area contributed by atoms with Gasteiger partial charge in [-0.1, -0.05) is 11.6 Å². The Morgan fingerprint density at radius 1 is 1.00 bits per heavy atom. The number of benzene rings is 3. The van der Waals surface area contributed by atoms with Crippen molar-refractivity contribution < 1.29 is 35.9 Å². The van der Waals surface area contributed by atoms with E-state index in [-0.39, 0.29) is 52.4 Å². The van der Waals surface area contributed by atoms with E-state index in [1.54, 1.807) is 0 Å². The summed E-state index contributed by atoms with van der Waals surface area (Å²) in [6.07, 6.45) is -5.40. The Hall–Kier alpha value is -3.73. The molecule has 1 atom stereocenters. The fraction of sp³-hybridized carbons (Fsp3) is 0.231. The lowest BCUT2D eigenvalue weighted by Crippen LogP contribution is -2.36. The Morgan fingerprint density at radius 3 is 2.42 bits per heavy atom. The zero-order chi connectivity index (χ0) is 27.4. The third-order valence-electron chi connectivity index (χ3n) is 6.44. The fourth-order valence-corrected chi connectivity index (χ4v) is 4.80. The van der Waals surface area contributed by atoms with Crippen LogP contribution < -0.4 is 16.0 Å². The van der Waals surface area contributed by atoms with E-state index in [2.05, 4.69) is 16.0 Å². The molecule has 1 saturated carbocycles. The van der Waals surface area contributed by atoms with Crippen LogP contribution in [0.3, 0.4) is 0 Å². The molecule has 0 bridgehead atoms. The van der Waals surface area contributed by atoms with Gasteiger partial charge < -0.3 is 16.0 Å². The first-order chi connectivity index (χ1) is 17.9. The molecule has 38 heavy (non-hydrogen) atoms. The molecule has 5 rings (SSSR count). The largest absolute Gasteiger partial charge is 0.416 e. The predicted molar refractivity (Wildman–Crippen MR) is 128 cm³/mol. The number of nitrogens with one attached hydrogen (secondary N) is 3. The highest BCUT2D eigenvalue weighted by atomic mass is 35.5. The molecule has 5 nitrogen and oxygen atoms in total. The van der Waals surface area contributed by atoms with Crippen molar-refractivity contribution in [2.75, 3.05) is 10.6 Å². The summed E-state index contributed by atoms with van der Waals surface area (Å²) in [6, 6.07) is 6.59. The standard InChI is InChI=1S/C26H18ClF6N3O2/c27-20-2-1-13(28)8-18(20)23-22-19(25(38)36-23)9-17(34-16-6-15(30)7-16)10-21(22)35-24(37)11-3-12(26(31,32)33)5-14(29)4-11/h1-5,8-10,15-16,23,34H,6-7H2,(H,35,37)(H,36,38). The second-order valence-corrected chi connectivity index (χ2v) is 9.55. The van der Waals surface area contributed by atoms with Crippen LogP contribution >= 0.6 is 11.6 Å². The van der Waals surface area contributed by atoms with Gasteiger partial charge in [0.15, 0.2) is 0 Å². The number of hydrogen-bond donors (Lipinski definition) is 3. The van der Waals surface area contributed by atoms with Crippen LogP contribution in [-0.4, -0.2) is 24.0 Å². The maximum absolute atomic E-state index is 14.1. The average Bonchev–Trinajstić information content (AvgIpc) is 3.15. The highest BCUT2D eigenvalue weighted by Gasteiger charge is 2.36. The molecule has 1 heterocycles. The van der Waals surface area contributed by atoms with Gasteiger partial charge in [0.2, 0.25) is 0 Å². The van der Waals surface area contributed by atoms with E-state index in [4.69, 9.17) is 11.6 Å². The van der Waals surface area contributed by atoms with E-state index in [0.29, 0.717) is 17.8 Å². The monoisotopic (exact) mass is 553 g/mol. The quantitative estimate of drug-likeness (QED) is 0.310. The predicted octanol–water partition coefficient (Wildman–Crippen LogP) is 6.63. The van der Waals surface area contributed by atoms with Crippen LogP contribution in [0.15, 0.2) is 48.5 Å². The molecule has 3 aromatic carbocycles. The minimum Gasteiger partial charge on any atom is -0.382 e. The molecule has 0 aromatic heterocycles. The van der Waals surface area contributed by atoms with Gasteiger partial charge in [-0.15, -0.1) is 0 Å². The lowest BCUT2D eigenvalue weighted by molar-refractivity contribution is -0.137. The molecule has 12 heteroatoms. The number of halogens is 7. The Labute approximate surface area is 217 Å². The van der Waals surface area contributed by atoms with Crippen LogP contribution in [0.4, 0.5) is 37.7 Å². The lowest BCUT2D eigenvalue weighted by Gasteiger charge is -2.31. The van der Waals surface area contributed by atoms with Crippen molar-refractivity contribution in [3.05, 3.63) is 93.0 Å². The summed E-state index contributed by atoms with van der Waals surface area (Å²) in [5.41, 5.74) is -1.18. The van der Waals surface area contributed by atoms with Gasteiger partial charge in [-0.2, -0.15) is 13.2 Å². The van der Waals surface area contributed by atoms with E-state index < -0.39 is 53.0 Å². The second-order valence-electron chi connectivity index (χ2n) is 9.15. The maximum Gasteiger partial charge on any atom is 0.416 e. The molecule has 1 fully saturated rings. The van der Waals surface area contributed by atoms with Crippen molar-refractivity contribution in [2.45, 2.75) is 37.3 Å². The molecule has 2 aliphatic rings. The van der Waals surface area contributed by atoms with Crippen LogP contribution in [0.25, 0.3) is 0 Å². The van der Waals surface area contributed by atoms with Crippen LogP contribution in [0.5, 0.6) is 0 Å². The third-order valence-corrected chi connectivity index (χ3v) is 6.79. The number of rotatable bonds is 5. The number of anilines is 2. The Morgan fingerprint density at radius 2 is 1.74 bits per heavy atom. The van der Waals surface area contributed by atoms with Gasteiger partial charge in [0, 0.05) is 44.7 Å². The lowest BCUT2D eigenvalue weighted by atomic mass is 9.90. The summed E-state index contributed by atoms with van der Waals surface area (Å²) in [5, 5.41) is 8.31. The van der Waals surface area contributed by atoms with Gasteiger partial charge in [-0.3, -0.25) is 9.59 Å². The minimum atomic E-state index is -4.89. The van der Waals surface area contributed by atoms with Crippen molar-refractivity contribution in [1.29, 1.82) is 0 Å². The topological polar surface area (TPSA) is 70.2 Å². The molecular weight excluding hydrogens is 536 g/mol. The third kappa shape index (κ3) is 5.02. The van der Waals surface area contributed by atoms with E-state index in [1.165, 1.54) is 18.2 Å². The number of carbonyl (C=O) groups excluding carboxylic acids is 2. The molecule has 1 aliphatic heterocycles. The summed E-state index contributed by atoms with van der Waals surface area (Å²) in [7, 11) is 0. The van der Waals surface area contributed by atoms with Gasteiger partial charge in [0.1, 0.15) is 17.8 Å². The van der Waals surface area contributed by atoms with Crippen LogP contribution in [0, 0.1) is 11.6 Å². The van der Waals surface area contributed by atoms with Gasteiger partial charge in [0.25, 0.3) is 11.8 Å². The van der Waals surface area contributed by atoms with E-state index in [0.717, 1.165) is 12.1 Å². The molecular formula is C26H18ClF6N3O2. The molecule has 3 aromatic rings. The van der Waals surface area contributed by atoms with Crippen molar-refractivity contribution in [1.82, 2.24) is 5.32 Å². The number of hydrogen-bond acceptors (Lipinski definition) is 3. The number of amides is 2. The minimum absolute atomic E-state index is 0.00683. The van der Waals surface area contributed by atoms with Crippen molar-refractivity contribution in [3.8, 4) is 0 Å². The summed E-state index contributed by atoms with van der Waals surface area (Å²) >= 11 is 6.26. The molecule has 0 radical (unpaired) electrons. The Bertz CT molecular complexity index is 1460. The maximum atomic E-state index is 14.1. The van der Waals surface area contributed by atoms with E-state index >= 15 is 0 Å². The molecule has 198 valence electrons. The number of alkyl halides is 4. The normalized spacial score (nSPS) is 20.4. The average molecular weight is 554 g/mol. The summed E-state index contributed by atoms with van der Waals surface area (Å²) in [4.78, 5) is 25.9. The smallest absolute Gasteiger partial charge is 0.382 e. The van der Waals surface area contributed by atoms with Crippen LogP contribution in [-0.2, 0) is 6.18 Å². The van der Waals surface area contributed by atoms with E-state index in [9.17, 15) is 35.9 Å². The highest BCUT2D eigenvalue weighted by Crippen LogP contribution is 2.42. The van der Waals surface area contributed by atoms with Crippen molar-refractivity contribution >= 4 is 34.8 Å². The van der Waals surface area contributed by atoms with Crippen molar-refractivity contribution in [2.24, 2.45) is 0 Å². The summed E-state index contributed by atoms with van der Waals surface area (Å²) in [5.74, 6) is -3.56. The first-order valence-corrected chi connectivity index (χ1v) is 11.8. The van der Waals surface area contributed by atoms with Crippen LogP contribution in [0.1, 0.15) is 56.3 Å². The SMILES string of the molecule is O=C(Nc1cc(NC2CC(F)C2)cc2c1C(c1cc(F)ccc1Cl)NC2=O)c1cc(F)cc(C(F)(F)F)c1. The number of carbonyl (C=O) groups is 2.